The molecule has 1 saturated carbocycles. The van der Waals surface area contributed by atoms with Crippen molar-refractivity contribution in [3.05, 3.63) is 32.9 Å². The highest BCUT2D eigenvalue weighted by atomic mass is 35.5. The van der Waals surface area contributed by atoms with Crippen molar-refractivity contribution < 1.29 is 0 Å². The number of hydrogen-bond acceptors (Lipinski definition) is 3. The van der Waals surface area contributed by atoms with Crippen LogP contribution in [0.1, 0.15) is 68.0 Å². The van der Waals surface area contributed by atoms with E-state index in [9.17, 15) is 4.79 Å². The van der Waals surface area contributed by atoms with Gasteiger partial charge < -0.3 is 5.32 Å². The number of nitrogens with one attached hydrogen (secondary N) is 2. The summed E-state index contributed by atoms with van der Waals surface area (Å²) in [7, 11) is 0. The monoisotopic (exact) mass is 376 g/mol. The zero-order chi connectivity index (χ0) is 17.1. The Kier molecular flexibility index (Phi) is 4.64. The first-order chi connectivity index (χ1) is 12.1. The minimum Gasteiger partial charge on any atom is -0.314 e. The minimum absolute atomic E-state index is 0. The van der Waals surface area contributed by atoms with Crippen molar-refractivity contribution in [1.29, 1.82) is 0 Å². The fourth-order valence-corrected chi connectivity index (χ4v) is 5.48. The molecule has 2 aromatic rings. The van der Waals surface area contributed by atoms with Crippen molar-refractivity contribution in [3.8, 4) is 0 Å². The van der Waals surface area contributed by atoms with Gasteiger partial charge in [0.15, 0.2) is 5.65 Å². The highest BCUT2D eigenvalue weighted by molar-refractivity contribution is 5.85. The fourth-order valence-electron chi connectivity index (χ4n) is 5.48. The first kappa shape index (κ1) is 18.1. The van der Waals surface area contributed by atoms with Gasteiger partial charge in [-0.05, 0) is 69.2 Å². The van der Waals surface area contributed by atoms with Crippen LogP contribution in [0.3, 0.4) is 0 Å². The van der Waals surface area contributed by atoms with Crippen LogP contribution in [-0.4, -0.2) is 27.2 Å². The van der Waals surface area contributed by atoms with E-state index in [1.165, 1.54) is 36.9 Å². The lowest BCUT2D eigenvalue weighted by Gasteiger charge is -2.23. The normalized spacial score (nSPS) is 27.1. The molecule has 6 heteroatoms. The van der Waals surface area contributed by atoms with Gasteiger partial charge >= 0.3 is 0 Å². The molecule has 2 aromatic heterocycles. The van der Waals surface area contributed by atoms with E-state index in [-0.39, 0.29) is 23.9 Å². The van der Waals surface area contributed by atoms with Gasteiger partial charge in [0.2, 0.25) is 0 Å². The second-order valence-corrected chi connectivity index (χ2v) is 8.67. The fraction of sp³-hybridized carbons (Fsp3) is 0.700. The molecule has 2 bridgehead atoms. The maximum atomic E-state index is 13.2. The van der Waals surface area contributed by atoms with E-state index in [0.29, 0.717) is 12.0 Å². The zero-order valence-electron chi connectivity index (χ0n) is 15.7. The second-order valence-electron chi connectivity index (χ2n) is 8.67. The second kappa shape index (κ2) is 6.68. The van der Waals surface area contributed by atoms with E-state index in [0.717, 1.165) is 48.6 Å². The number of fused-ring (bicyclic) bond motifs is 5. The first-order valence-electron chi connectivity index (χ1n) is 10.0. The van der Waals surface area contributed by atoms with Gasteiger partial charge in [-0.15, -0.1) is 12.4 Å². The van der Waals surface area contributed by atoms with Crippen LogP contribution in [-0.2, 0) is 19.3 Å². The van der Waals surface area contributed by atoms with Gasteiger partial charge in [0.1, 0.15) is 0 Å². The quantitative estimate of drug-likeness (QED) is 0.865. The Hall–Kier alpha value is -1.33. The van der Waals surface area contributed by atoms with Crippen molar-refractivity contribution in [3.63, 3.8) is 0 Å². The van der Waals surface area contributed by atoms with Gasteiger partial charge in [-0.2, -0.15) is 0 Å². The maximum absolute atomic E-state index is 13.2. The molecule has 3 heterocycles. The number of H-pyrrole nitrogens is 1. The molecular formula is C20H29ClN4O. The molecule has 2 aliphatic carbocycles. The van der Waals surface area contributed by atoms with Crippen molar-refractivity contribution in [2.75, 3.05) is 6.54 Å². The summed E-state index contributed by atoms with van der Waals surface area (Å²) in [5, 5.41) is 6.95. The van der Waals surface area contributed by atoms with Crippen molar-refractivity contribution >= 4 is 18.1 Å². The number of hydrogen-bond donors (Lipinski definition) is 2. The van der Waals surface area contributed by atoms with E-state index in [2.05, 4.69) is 24.3 Å². The van der Waals surface area contributed by atoms with Crippen LogP contribution in [0.2, 0.25) is 0 Å². The highest BCUT2D eigenvalue weighted by Crippen LogP contribution is 2.39. The number of halogens is 1. The Morgan fingerprint density at radius 2 is 2.04 bits per heavy atom. The Morgan fingerprint density at radius 3 is 2.73 bits per heavy atom. The largest absolute Gasteiger partial charge is 0.314 e. The number of piperidine rings is 1. The SMILES string of the molecule is CC(C)c1c(C[C@@H]2C[C@@H]3C[C@@H]2CN3)nc2c3c([nH]n2c1=O)CCCC3.Cl. The molecule has 0 radical (unpaired) electrons. The zero-order valence-corrected chi connectivity index (χ0v) is 16.5. The number of rotatable bonds is 3. The van der Waals surface area contributed by atoms with Gasteiger partial charge in [-0.1, -0.05) is 13.8 Å². The summed E-state index contributed by atoms with van der Waals surface area (Å²) in [6.07, 6.45) is 8.03. The molecule has 1 saturated heterocycles. The Bertz CT molecular complexity index is 884. The smallest absolute Gasteiger partial charge is 0.276 e. The summed E-state index contributed by atoms with van der Waals surface area (Å²) in [6.45, 7) is 5.39. The standard InChI is InChI=1S/C20H28N4O.ClH/c1-11(2)18-17(9-12-7-14-8-13(12)10-21-14)22-19-15-5-3-4-6-16(15)23-24(19)20(18)25;/h11-14,21,23H,3-10H2,1-2H3;1H/t12-,13+,14+;/m0./s1. The Labute approximate surface area is 160 Å². The predicted octanol–water partition coefficient (Wildman–Crippen LogP) is 2.99. The van der Waals surface area contributed by atoms with Crippen LogP contribution in [0.15, 0.2) is 4.79 Å². The molecule has 0 amide bonds. The van der Waals surface area contributed by atoms with Crippen LogP contribution in [0.25, 0.3) is 5.65 Å². The minimum atomic E-state index is 0. The number of aryl methyl sites for hydroxylation is 2. The molecule has 0 aromatic carbocycles. The summed E-state index contributed by atoms with van der Waals surface area (Å²) in [5.74, 6) is 1.67. The molecule has 2 fully saturated rings. The van der Waals surface area contributed by atoms with Crippen LogP contribution in [0.5, 0.6) is 0 Å². The summed E-state index contributed by atoms with van der Waals surface area (Å²) in [6, 6.07) is 0.697. The van der Waals surface area contributed by atoms with Crippen molar-refractivity contribution in [2.45, 2.75) is 70.8 Å². The lowest BCUT2D eigenvalue weighted by molar-refractivity contribution is 0.345. The van der Waals surface area contributed by atoms with Gasteiger partial charge in [0, 0.05) is 22.9 Å². The average molecular weight is 377 g/mol. The summed E-state index contributed by atoms with van der Waals surface area (Å²) in [5.41, 5.74) is 5.55. The number of nitrogens with zero attached hydrogens (tertiary/aromatic N) is 2. The first-order valence-corrected chi connectivity index (χ1v) is 10.0. The van der Waals surface area contributed by atoms with E-state index in [1.54, 1.807) is 4.52 Å². The summed E-state index contributed by atoms with van der Waals surface area (Å²) in [4.78, 5) is 18.3. The molecule has 142 valence electrons. The van der Waals surface area contributed by atoms with E-state index < -0.39 is 0 Å². The van der Waals surface area contributed by atoms with Gasteiger partial charge in [-0.3, -0.25) is 9.89 Å². The molecule has 3 aliphatic rings. The topological polar surface area (TPSA) is 62.2 Å². The lowest BCUT2D eigenvalue weighted by atomic mass is 9.88. The number of aromatic amines is 1. The molecule has 1 aliphatic heterocycles. The molecule has 5 rings (SSSR count). The van der Waals surface area contributed by atoms with E-state index >= 15 is 0 Å². The Morgan fingerprint density at radius 1 is 1.23 bits per heavy atom. The van der Waals surface area contributed by atoms with E-state index in [4.69, 9.17) is 4.98 Å². The van der Waals surface area contributed by atoms with Crippen molar-refractivity contribution in [2.24, 2.45) is 11.8 Å². The van der Waals surface area contributed by atoms with E-state index in [1.807, 2.05) is 0 Å². The molecule has 0 unspecified atom stereocenters. The highest BCUT2D eigenvalue weighted by Gasteiger charge is 2.40. The maximum Gasteiger partial charge on any atom is 0.276 e. The molecule has 0 spiro atoms. The molecule has 3 atom stereocenters. The van der Waals surface area contributed by atoms with Crippen molar-refractivity contribution in [1.82, 2.24) is 19.9 Å². The van der Waals surface area contributed by atoms with Gasteiger partial charge in [0.25, 0.3) is 5.56 Å². The third-order valence-electron chi connectivity index (χ3n) is 6.72. The summed E-state index contributed by atoms with van der Waals surface area (Å²) >= 11 is 0. The Balaban J connectivity index is 0.00000168. The molecule has 5 nitrogen and oxygen atoms in total. The molecule has 2 N–H and O–H groups in total. The van der Waals surface area contributed by atoms with Crippen LogP contribution >= 0.6 is 12.4 Å². The van der Waals surface area contributed by atoms with Crippen LogP contribution in [0, 0.1) is 11.8 Å². The van der Waals surface area contributed by atoms with Crippen LogP contribution < -0.4 is 10.9 Å². The summed E-state index contributed by atoms with van der Waals surface area (Å²) < 4.78 is 1.73. The van der Waals surface area contributed by atoms with Gasteiger partial charge in [-0.25, -0.2) is 9.50 Å². The molecule has 26 heavy (non-hydrogen) atoms. The van der Waals surface area contributed by atoms with Crippen LogP contribution in [0.4, 0.5) is 0 Å². The third kappa shape index (κ3) is 2.71. The third-order valence-corrected chi connectivity index (χ3v) is 6.72. The lowest BCUT2D eigenvalue weighted by Crippen LogP contribution is -2.32. The predicted molar refractivity (Wildman–Crippen MR) is 106 cm³/mol. The molecular weight excluding hydrogens is 348 g/mol. The van der Waals surface area contributed by atoms with Gasteiger partial charge in [0.05, 0.1) is 5.69 Å². The number of aromatic nitrogens is 3. The average Bonchev–Trinajstić information content (AvgIpc) is 3.28.